The molecule has 22 heavy (non-hydrogen) atoms. The molecule has 0 aliphatic rings. The van der Waals surface area contributed by atoms with Crippen LogP contribution in [0.25, 0.3) is 0 Å². The zero-order chi connectivity index (χ0) is 16.2. The molecule has 2 rings (SSSR count). The summed E-state index contributed by atoms with van der Waals surface area (Å²) in [6.45, 7) is 8.31. The number of carbonyl (C=O) groups excluding carboxylic acids is 1. The van der Waals surface area contributed by atoms with Crippen LogP contribution < -0.4 is 10.6 Å². The van der Waals surface area contributed by atoms with Gasteiger partial charge in [-0.05, 0) is 24.1 Å². The van der Waals surface area contributed by atoms with Crippen molar-refractivity contribution in [3.63, 3.8) is 0 Å². The van der Waals surface area contributed by atoms with Crippen molar-refractivity contribution in [1.29, 1.82) is 0 Å². The minimum Gasteiger partial charge on any atom is -0.364 e. The van der Waals surface area contributed by atoms with Gasteiger partial charge >= 0.3 is 0 Å². The monoisotopic (exact) mass is 297 g/mol. The fraction of sp³-hybridized carbons (Fsp3) is 0.333. The summed E-state index contributed by atoms with van der Waals surface area (Å²) in [6.07, 6.45) is 1.75. The molecule has 0 fully saturated rings. The second kappa shape index (κ2) is 6.60. The number of anilines is 2. The molecule has 2 aromatic rings. The number of hydrogen-bond donors (Lipinski definition) is 2. The van der Waals surface area contributed by atoms with Crippen LogP contribution in [0.3, 0.4) is 0 Å². The van der Waals surface area contributed by atoms with Gasteiger partial charge in [0.2, 0.25) is 5.91 Å². The van der Waals surface area contributed by atoms with E-state index in [1.54, 1.807) is 6.20 Å². The van der Waals surface area contributed by atoms with Gasteiger partial charge < -0.3 is 10.6 Å². The lowest BCUT2D eigenvalue weighted by Crippen LogP contribution is -2.28. The molecule has 1 aromatic heterocycles. The molecule has 0 aliphatic heterocycles. The Labute approximate surface area is 132 Å². The molecule has 0 saturated heterocycles. The average molecular weight is 297 g/mol. The fourth-order valence-electron chi connectivity index (χ4n) is 1.93. The Kier molecular flexibility index (Phi) is 4.81. The third-order valence-corrected chi connectivity index (χ3v) is 3.38. The van der Waals surface area contributed by atoms with Crippen molar-refractivity contribution < 1.29 is 4.79 Å². The van der Waals surface area contributed by atoms with Crippen molar-refractivity contribution in [3.8, 4) is 0 Å². The van der Waals surface area contributed by atoms with E-state index < -0.39 is 5.41 Å². The Balaban J connectivity index is 2.18. The van der Waals surface area contributed by atoms with Gasteiger partial charge in [0.15, 0.2) is 0 Å². The van der Waals surface area contributed by atoms with Gasteiger partial charge in [-0.15, -0.1) is 0 Å². The van der Waals surface area contributed by atoms with Gasteiger partial charge in [0.05, 0.1) is 5.69 Å². The smallest absolute Gasteiger partial charge is 0.229 e. The number of benzene rings is 1. The van der Waals surface area contributed by atoms with E-state index in [-0.39, 0.29) is 5.91 Å². The summed E-state index contributed by atoms with van der Waals surface area (Å²) >= 11 is 0. The third-order valence-electron chi connectivity index (χ3n) is 3.38. The van der Waals surface area contributed by atoms with Gasteiger partial charge in [-0.3, -0.25) is 4.79 Å². The van der Waals surface area contributed by atoms with Crippen LogP contribution >= 0.6 is 0 Å². The maximum atomic E-state index is 12.2. The molecule has 1 aromatic carbocycles. The molecule has 1 amide bonds. The van der Waals surface area contributed by atoms with Crippen LogP contribution in [0.2, 0.25) is 0 Å². The molecular weight excluding hydrogens is 274 g/mol. The lowest BCUT2D eigenvalue weighted by atomic mass is 9.95. The molecule has 0 unspecified atom stereocenters. The third kappa shape index (κ3) is 4.07. The standard InChI is InChI=1S/C18H23N3O/c1-13-10-11-19-16(15(13)21-17(22)18(2,3)4)20-12-14-8-6-5-7-9-14/h5-11H,12H2,1-4H3,(H,19,20)(H,21,22). The van der Waals surface area contributed by atoms with Gasteiger partial charge in [-0.2, -0.15) is 0 Å². The number of nitrogens with zero attached hydrogens (tertiary/aromatic N) is 1. The first kappa shape index (κ1) is 16.0. The number of amides is 1. The topological polar surface area (TPSA) is 54.0 Å². The van der Waals surface area contributed by atoms with E-state index in [4.69, 9.17) is 0 Å². The Morgan fingerprint density at radius 1 is 1.14 bits per heavy atom. The summed E-state index contributed by atoms with van der Waals surface area (Å²) in [5.41, 5.74) is 2.46. The SMILES string of the molecule is Cc1ccnc(NCc2ccccc2)c1NC(=O)C(C)(C)C. The van der Waals surface area contributed by atoms with E-state index >= 15 is 0 Å². The van der Waals surface area contributed by atoms with Crippen LogP contribution in [0, 0.1) is 12.3 Å². The zero-order valence-electron chi connectivity index (χ0n) is 13.6. The van der Waals surface area contributed by atoms with Crippen molar-refractivity contribution in [2.45, 2.75) is 34.2 Å². The molecule has 4 heteroatoms. The first-order valence-corrected chi connectivity index (χ1v) is 7.43. The van der Waals surface area contributed by atoms with Gasteiger partial charge in [-0.25, -0.2) is 4.98 Å². The summed E-state index contributed by atoms with van der Waals surface area (Å²) in [5.74, 6) is 0.674. The van der Waals surface area contributed by atoms with E-state index in [0.717, 1.165) is 11.3 Å². The van der Waals surface area contributed by atoms with E-state index in [9.17, 15) is 4.79 Å². The molecule has 2 N–H and O–H groups in total. The Morgan fingerprint density at radius 3 is 2.45 bits per heavy atom. The zero-order valence-corrected chi connectivity index (χ0v) is 13.6. The van der Waals surface area contributed by atoms with Crippen molar-refractivity contribution in [3.05, 3.63) is 53.7 Å². The fourth-order valence-corrected chi connectivity index (χ4v) is 1.93. The van der Waals surface area contributed by atoms with Crippen LogP contribution in [0.5, 0.6) is 0 Å². The minimum absolute atomic E-state index is 0.0219. The van der Waals surface area contributed by atoms with Gasteiger partial charge in [-0.1, -0.05) is 51.1 Å². The number of hydrogen-bond acceptors (Lipinski definition) is 3. The van der Waals surface area contributed by atoms with Crippen LogP contribution in [-0.2, 0) is 11.3 Å². The predicted molar refractivity (Wildman–Crippen MR) is 90.8 cm³/mol. The molecule has 116 valence electrons. The number of carbonyl (C=O) groups is 1. The summed E-state index contributed by atoms with van der Waals surface area (Å²) in [4.78, 5) is 16.6. The highest BCUT2D eigenvalue weighted by molar-refractivity contribution is 5.97. The second-order valence-electron chi connectivity index (χ2n) is 6.39. The quantitative estimate of drug-likeness (QED) is 0.897. The van der Waals surface area contributed by atoms with Gasteiger partial charge in [0.1, 0.15) is 5.82 Å². The number of pyridine rings is 1. The molecule has 1 heterocycles. The molecule has 0 spiro atoms. The Morgan fingerprint density at radius 2 is 1.82 bits per heavy atom. The summed E-state index contributed by atoms with van der Waals surface area (Å²) in [6, 6.07) is 12.0. The van der Waals surface area contributed by atoms with E-state index in [0.29, 0.717) is 12.4 Å². The second-order valence-corrected chi connectivity index (χ2v) is 6.39. The van der Waals surface area contributed by atoms with Gasteiger partial charge in [0.25, 0.3) is 0 Å². The first-order chi connectivity index (χ1) is 10.4. The number of rotatable bonds is 4. The number of nitrogens with one attached hydrogen (secondary N) is 2. The number of aromatic nitrogens is 1. The highest BCUT2D eigenvalue weighted by Gasteiger charge is 2.23. The predicted octanol–water partition coefficient (Wildman–Crippen LogP) is 3.99. The van der Waals surface area contributed by atoms with Crippen LogP contribution in [-0.4, -0.2) is 10.9 Å². The minimum atomic E-state index is -0.445. The highest BCUT2D eigenvalue weighted by atomic mass is 16.2. The summed E-state index contributed by atoms with van der Waals surface area (Å²) < 4.78 is 0. The Bertz CT molecular complexity index is 645. The molecule has 0 aliphatic carbocycles. The van der Waals surface area contributed by atoms with Gasteiger partial charge in [0, 0.05) is 18.2 Å². The lowest BCUT2D eigenvalue weighted by molar-refractivity contribution is -0.123. The maximum absolute atomic E-state index is 12.2. The molecule has 0 atom stereocenters. The van der Waals surface area contributed by atoms with E-state index in [2.05, 4.69) is 27.8 Å². The highest BCUT2D eigenvalue weighted by Crippen LogP contribution is 2.26. The van der Waals surface area contributed by atoms with Crippen molar-refractivity contribution in [1.82, 2.24) is 4.98 Å². The summed E-state index contributed by atoms with van der Waals surface area (Å²) in [7, 11) is 0. The molecule has 0 bridgehead atoms. The lowest BCUT2D eigenvalue weighted by Gasteiger charge is -2.20. The van der Waals surface area contributed by atoms with Crippen LogP contribution in [0.4, 0.5) is 11.5 Å². The van der Waals surface area contributed by atoms with Crippen molar-refractivity contribution >= 4 is 17.4 Å². The van der Waals surface area contributed by atoms with E-state index in [1.165, 1.54) is 5.56 Å². The molecule has 0 radical (unpaired) electrons. The Hall–Kier alpha value is -2.36. The normalized spacial score (nSPS) is 11.1. The van der Waals surface area contributed by atoms with Crippen molar-refractivity contribution in [2.24, 2.45) is 5.41 Å². The van der Waals surface area contributed by atoms with Crippen LogP contribution in [0.1, 0.15) is 31.9 Å². The molecular formula is C18H23N3O. The average Bonchev–Trinajstić information content (AvgIpc) is 2.48. The molecule has 4 nitrogen and oxygen atoms in total. The largest absolute Gasteiger partial charge is 0.364 e. The first-order valence-electron chi connectivity index (χ1n) is 7.43. The van der Waals surface area contributed by atoms with E-state index in [1.807, 2.05) is 52.0 Å². The van der Waals surface area contributed by atoms with Crippen molar-refractivity contribution in [2.75, 3.05) is 10.6 Å². The maximum Gasteiger partial charge on any atom is 0.229 e. The molecule has 0 saturated carbocycles. The number of aryl methyl sites for hydroxylation is 1. The summed E-state index contributed by atoms with van der Waals surface area (Å²) in [5, 5.41) is 6.29. The van der Waals surface area contributed by atoms with Crippen LogP contribution in [0.15, 0.2) is 42.6 Å².